The van der Waals surface area contributed by atoms with Crippen molar-refractivity contribution in [3.63, 3.8) is 0 Å². The van der Waals surface area contributed by atoms with Crippen molar-refractivity contribution in [3.8, 4) is 29.1 Å². The zero-order valence-corrected chi connectivity index (χ0v) is 11.3. The molecule has 0 heterocycles. The maximum absolute atomic E-state index is 9.74. The summed E-state index contributed by atoms with van der Waals surface area (Å²) >= 11 is 0. The van der Waals surface area contributed by atoms with Gasteiger partial charge in [-0.05, 0) is 24.3 Å². The first-order valence-corrected chi connectivity index (χ1v) is 6.11. The molecule has 0 aliphatic carbocycles. The number of nitriles is 1. The number of nitrogens with one attached hydrogen (secondary N) is 1. The van der Waals surface area contributed by atoms with E-state index in [0.717, 1.165) is 0 Å². The number of nitrogens with zero attached hydrogens (tertiary/aromatic N) is 1. The van der Waals surface area contributed by atoms with Crippen molar-refractivity contribution in [3.05, 3.63) is 41.5 Å². The van der Waals surface area contributed by atoms with Gasteiger partial charge < -0.3 is 25.4 Å². The van der Waals surface area contributed by atoms with Crippen molar-refractivity contribution in [1.29, 1.82) is 5.26 Å². The Bertz CT molecular complexity index is 708. The lowest BCUT2D eigenvalue weighted by Gasteiger charge is -2.13. The number of rotatable bonds is 4. The molecule has 0 aliphatic heterocycles. The number of methoxy groups -OCH3 is 1. The molecular weight excluding hydrogens is 272 g/mol. The van der Waals surface area contributed by atoms with E-state index in [-0.39, 0.29) is 18.0 Å². The molecule has 0 saturated heterocycles. The van der Waals surface area contributed by atoms with Crippen LogP contribution in [0.1, 0.15) is 11.1 Å². The maximum atomic E-state index is 9.74. The molecule has 6 heteroatoms. The Hall–Kier alpha value is -3.07. The van der Waals surface area contributed by atoms with Gasteiger partial charge in [0.15, 0.2) is 11.5 Å². The van der Waals surface area contributed by atoms with Crippen LogP contribution in [0.3, 0.4) is 0 Å². The average molecular weight is 286 g/mol. The first-order valence-electron chi connectivity index (χ1n) is 6.11. The largest absolute Gasteiger partial charge is 0.504 e. The Morgan fingerprint density at radius 1 is 1.14 bits per heavy atom. The van der Waals surface area contributed by atoms with Crippen molar-refractivity contribution in [1.82, 2.24) is 0 Å². The van der Waals surface area contributed by atoms with Crippen molar-refractivity contribution in [2.75, 3.05) is 12.4 Å². The highest BCUT2D eigenvalue weighted by atomic mass is 16.5. The SMILES string of the molecule is COc1cc(C#N)ccc1NCc1ccc(O)c(O)c1O. The monoisotopic (exact) mass is 286 g/mol. The first-order chi connectivity index (χ1) is 10.1. The van der Waals surface area contributed by atoms with Crippen molar-refractivity contribution in [2.45, 2.75) is 6.54 Å². The second kappa shape index (κ2) is 5.92. The van der Waals surface area contributed by atoms with Crippen LogP contribution >= 0.6 is 0 Å². The molecule has 0 fully saturated rings. The van der Waals surface area contributed by atoms with E-state index in [4.69, 9.17) is 10.00 Å². The van der Waals surface area contributed by atoms with Crippen LogP contribution in [0.2, 0.25) is 0 Å². The molecule has 0 saturated carbocycles. The molecule has 21 heavy (non-hydrogen) atoms. The molecule has 0 spiro atoms. The molecular formula is C15H14N2O4. The van der Waals surface area contributed by atoms with Gasteiger partial charge in [0, 0.05) is 18.2 Å². The number of aromatic hydroxyl groups is 3. The van der Waals surface area contributed by atoms with E-state index in [9.17, 15) is 15.3 Å². The van der Waals surface area contributed by atoms with Crippen LogP contribution in [-0.2, 0) is 6.54 Å². The van der Waals surface area contributed by atoms with Crippen molar-refractivity contribution >= 4 is 5.69 Å². The molecule has 2 aromatic carbocycles. The van der Waals surface area contributed by atoms with Gasteiger partial charge in [0.25, 0.3) is 0 Å². The van der Waals surface area contributed by atoms with Gasteiger partial charge in [-0.1, -0.05) is 0 Å². The molecule has 108 valence electrons. The number of phenolic OH excluding ortho intramolecular Hbond substituents is 3. The van der Waals surface area contributed by atoms with Crippen LogP contribution in [-0.4, -0.2) is 22.4 Å². The molecule has 0 aliphatic rings. The summed E-state index contributed by atoms with van der Waals surface area (Å²) in [6.07, 6.45) is 0. The van der Waals surface area contributed by atoms with Crippen LogP contribution in [0.4, 0.5) is 5.69 Å². The zero-order chi connectivity index (χ0) is 15.4. The molecule has 4 N–H and O–H groups in total. The smallest absolute Gasteiger partial charge is 0.200 e. The standard InChI is InChI=1S/C15H14N2O4/c1-21-13-6-9(7-16)2-4-11(13)17-8-10-3-5-12(18)15(20)14(10)19/h2-6,17-20H,8H2,1H3. The second-order valence-corrected chi connectivity index (χ2v) is 4.32. The molecule has 0 atom stereocenters. The topological polar surface area (TPSA) is 106 Å². The van der Waals surface area contributed by atoms with Crippen LogP contribution in [0, 0.1) is 11.3 Å². The van der Waals surface area contributed by atoms with Crippen LogP contribution in [0.15, 0.2) is 30.3 Å². The molecule has 0 bridgehead atoms. The summed E-state index contributed by atoms with van der Waals surface area (Å²) in [4.78, 5) is 0. The van der Waals surface area contributed by atoms with E-state index >= 15 is 0 Å². The Labute approximate surface area is 121 Å². The third-order valence-electron chi connectivity index (χ3n) is 3.01. The van der Waals surface area contributed by atoms with Crippen molar-refractivity contribution < 1.29 is 20.1 Å². The fourth-order valence-electron chi connectivity index (χ4n) is 1.85. The van der Waals surface area contributed by atoms with Gasteiger partial charge in [-0.2, -0.15) is 5.26 Å². The highest BCUT2D eigenvalue weighted by Crippen LogP contribution is 2.37. The van der Waals surface area contributed by atoms with Gasteiger partial charge in [0.1, 0.15) is 5.75 Å². The third-order valence-corrected chi connectivity index (χ3v) is 3.01. The minimum absolute atomic E-state index is 0.210. The number of ether oxygens (including phenoxy) is 1. The van der Waals surface area contributed by atoms with E-state index in [1.54, 1.807) is 18.2 Å². The van der Waals surface area contributed by atoms with Gasteiger partial charge in [0.05, 0.1) is 24.4 Å². The summed E-state index contributed by atoms with van der Waals surface area (Å²) in [5.41, 5.74) is 1.53. The lowest BCUT2D eigenvalue weighted by Crippen LogP contribution is -2.02. The summed E-state index contributed by atoms with van der Waals surface area (Å²) in [6.45, 7) is 0.210. The number of hydrogen-bond acceptors (Lipinski definition) is 6. The second-order valence-electron chi connectivity index (χ2n) is 4.32. The van der Waals surface area contributed by atoms with E-state index in [2.05, 4.69) is 5.32 Å². The minimum atomic E-state index is -0.555. The fourth-order valence-corrected chi connectivity index (χ4v) is 1.85. The average Bonchev–Trinajstić information content (AvgIpc) is 2.52. The number of phenols is 3. The maximum Gasteiger partial charge on any atom is 0.200 e. The quantitative estimate of drug-likeness (QED) is 0.643. The molecule has 0 unspecified atom stereocenters. The zero-order valence-electron chi connectivity index (χ0n) is 11.3. The summed E-state index contributed by atoms with van der Waals surface area (Å²) in [5, 5.41) is 40.3. The molecule has 0 amide bonds. The van der Waals surface area contributed by atoms with Crippen LogP contribution in [0.25, 0.3) is 0 Å². The Morgan fingerprint density at radius 2 is 1.90 bits per heavy atom. The van der Waals surface area contributed by atoms with Gasteiger partial charge in [-0.15, -0.1) is 0 Å². The number of anilines is 1. The summed E-state index contributed by atoms with van der Waals surface area (Å²) in [7, 11) is 1.49. The summed E-state index contributed by atoms with van der Waals surface area (Å²) in [5.74, 6) is -0.819. The highest BCUT2D eigenvalue weighted by Gasteiger charge is 2.11. The molecule has 6 nitrogen and oxygen atoms in total. The number of benzene rings is 2. The lowest BCUT2D eigenvalue weighted by molar-refractivity contribution is 0.365. The highest BCUT2D eigenvalue weighted by molar-refractivity contribution is 5.61. The van der Waals surface area contributed by atoms with Crippen LogP contribution < -0.4 is 10.1 Å². The Balaban J connectivity index is 2.21. The van der Waals surface area contributed by atoms with Gasteiger partial charge >= 0.3 is 0 Å². The molecule has 0 aromatic heterocycles. The lowest BCUT2D eigenvalue weighted by atomic mass is 10.1. The van der Waals surface area contributed by atoms with E-state index < -0.39 is 5.75 Å². The van der Waals surface area contributed by atoms with Gasteiger partial charge in [-0.3, -0.25) is 0 Å². The first kappa shape index (κ1) is 14.3. The van der Waals surface area contributed by atoms with Gasteiger partial charge in [-0.25, -0.2) is 0 Å². The van der Waals surface area contributed by atoms with Gasteiger partial charge in [0.2, 0.25) is 5.75 Å². The predicted molar refractivity (Wildman–Crippen MR) is 76.5 cm³/mol. The Morgan fingerprint density at radius 3 is 2.57 bits per heavy atom. The Kier molecular flexibility index (Phi) is 4.05. The predicted octanol–water partition coefficient (Wildman–Crippen LogP) is 2.30. The van der Waals surface area contributed by atoms with Crippen molar-refractivity contribution in [2.24, 2.45) is 0 Å². The number of hydrogen-bond donors (Lipinski definition) is 4. The van der Waals surface area contributed by atoms with E-state index in [0.29, 0.717) is 22.6 Å². The molecule has 2 aromatic rings. The minimum Gasteiger partial charge on any atom is -0.504 e. The van der Waals surface area contributed by atoms with Crippen LogP contribution in [0.5, 0.6) is 23.0 Å². The third kappa shape index (κ3) is 2.92. The fraction of sp³-hybridized carbons (Fsp3) is 0.133. The van der Waals surface area contributed by atoms with E-state index in [1.807, 2.05) is 6.07 Å². The molecule has 2 rings (SSSR count). The van der Waals surface area contributed by atoms with E-state index in [1.165, 1.54) is 19.2 Å². The normalized spacial score (nSPS) is 9.90. The summed E-state index contributed by atoms with van der Waals surface area (Å²) < 4.78 is 5.18. The molecule has 0 radical (unpaired) electrons. The summed E-state index contributed by atoms with van der Waals surface area (Å²) in [6, 6.07) is 9.72.